The molecular formula is C16H18N2O5. The van der Waals surface area contributed by atoms with E-state index in [-0.39, 0.29) is 0 Å². The number of fused-ring (bicyclic) bond motifs is 1. The minimum Gasteiger partial charge on any atom is -0.506 e. The lowest BCUT2D eigenvalue weighted by Crippen LogP contribution is -2.41. The number of aromatic hydroxyl groups is 1. The molecule has 7 heteroatoms. The second kappa shape index (κ2) is 6.12. The van der Waals surface area contributed by atoms with Crippen LogP contribution in [0.3, 0.4) is 0 Å². The number of methoxy groups -OCH3 is 1. The number of rotatable bonds is 3. The van der Waals surface area contributed by atoms with E-state index in [4.69, 9.17) is 0 Å². The maximum atomic E-state index is 12.4. The number of nitrogens with one attached hydrogen (secondary N) is 1. The first-order chi connectivity index (χ1) is 10.8. The van der Waals surface area contributed by atoms with Gasteiger partial charge in [0, 0.05) is 12.4 Å². The second-order valence-corrected chi connectivity index (χ2v) is 5.33. The molecule has 122 valence electrons. The fourth-order valence-electron chi connectivity index (χ4n) is 2.34. The van der Waals surface area contributed by atoms with Crippen molar-refractivity contribution in [3.05, 3.63) is 39.7 Å². The van der Waals surface area contributed by atoms with E-state index in [9.17, 15) is 19.5 Å². The molecule has 0 aliphatic heterocycles. The zero-order chi connectivity index (χ0) is 17.3. The Balaban J connectivity index is 2.58. The Morgan fingerprint density at radius 3 is 2.61 bits per heavy atom. The Labute approximate surface area is 132 Å². The Morgan fingerprint density at radius 2 is 2.00 bits per heavy atom. The van der Waals surface area contributed by atoms with E-state index < -0.39 is 34.8 Å². The molecule has 1 aromatic heterocycles. The predicted molar refractivity (Wildman–Crippen MR) is 84.5 cm³/mol. The quantitative estimate of drug-likeness (QED) is 0.818. The fraction of sp³-hybridized carbons (Fsp3) is 0.312. The summed E-state index contributed by atoms with van der Waals surface area (Å²) >= 11 is 0. The van der Waals surface area contributed by atoms with E-state index in [1.165, 1.54) is 25.6 Å². The Kier molecular flexibility index (Phi) is 4.40. The molecule has 1 amide bonds. The van der Waals surface area contributed by atoms with Crippen molar-refractivity contribution in [3.8, 4) is 5.75 Å². The smallest absolute Gasteiger partial charge is 0.328 e. The predicted octanol–water partition coefficient (Wildman–Crippen LogP) is 0.844. The van der Waals surface area contributed by atoms with E-state index in [1.807, 2.05) is 6.92 Å². The molecule has 1 atom stereocenters. The lowest BCUT2D eigenvalue weighted by molar-refractivity contribution is -0.142. The molecule has 0 aliphatic carbocycles. The summed E-state index contributed by atoms with van der Waals surface area (Å²) in [6, 6.07) is 4.21. The number of hydrogen-bond acceptors (Lipinski definition) is 5. The number of ether oxygens (including phenoxy) is 1. The summed E-state index contributed by atoms with van der Waals surface area (Å²) in [6.07, 6.45) is 0. The number of aryl methyl sites for hydroxylation is 2. The van der Waals surface area contributed by atoms with Gasteiger partial charge in [-0.3, -0.25) is 9.59 Å². The molecule has 0 saturated heterocycles. The molecular weight excluding hydrogens is 300 g/mol. The highest BCUT2D eigenvalue weighted by Crippen LogP contribution is 2.26. The van der Waals surface area contributed by atoms with Crippen LogP contribution in [0.4, 0.5) is 0 Å². The van der Waals surface area contributed by atoms with Crippen molar-refractivity contribution in [2.45, 2.75) is 19.9 Å². The standard InChI is InChI=1S/C16H18N2O5/c1-8-5-6-10-11(7-8)18(3)15(21)12(13(10)19)14(20)17-9(2)16(22)23-4/h5-7,9,19H,1-4H3,(H,17,20). The molecule has 0 radical (unpaired) electrons. The summed E-state index contributed by atoms with van der Waals surface area (Å²) in [4.78, 5) is 36.1. The highest BCUT2D eigenvalue weighted by atomic mass is 16.5. The average Bonchev–Trinajstić information content (AvgIpc) is 2.51. The van der Waals surface area contributed by atoms with Crippen molar-refractivity contribution in [1.82, 2.24) is 9.88 Å². The number of carbonyl (C=O) groups is 2. The van der Waals surface area contributed by atoms with Crippen LogP contribution in [-0.2, 0) is 16.6 Å². The fourth-order valence-corrected chi connectivity index (χ4v) is 2.34. The summed E-state index contributed by atoms with van der Waals surface area (Å²) < 4.78 is 5.81. The summed E-state index contributed by atoms with van der Waals surface area (Å²) in [6.45, 7) is 3.29. The third-order valence-electron chi connectivity index (χ3n) is 3.65. The number of carbonyl (C=O) groups excluding carboxylic acids is 2. The molecule has 2 N–H and O–H groups in total. The number of amides is 1. The zero-order valence-electron chi connectivity index (χ0n) is 13.3. The molecule has 0 spiro atoms. The largest absolute Gasteiger partial charge is 0.506 e. The van der Waals surface area contributed by atoms with E-state index >= 15 is 0 Å². The molecule has 2 aromatic rings. The highest BCUT2D eigenvalue weighted by molar-refractivity contribution is 6.03. The van der Waals surface area contributed by atoms with Crippen LogP contribution in [0.5, 0.6) is 5.75 Å². The first-order valence-corrected chi connectivity index (χ1v) is 6.99. The topological polar surface area (TPSA) is 97.6 Å². The lowest BCUT2D eigenvalue weighted by atomic mass is 10.1. The van der Waals surface area contributed by atoms with Crippen molar-refractivity contribution in [2.75, 3.05) is 7.11 Å². The number of pyridine rings is 1. The van der Waals surface area contributed by atoms with Gasteiger partial charge in [0.05, 0.1) is 12.6 Å². The van der Waals surface area contributed by atoms with Gasteiger partial charge >= 0.3 is 5.97 Å². The first kappa shape index (κ1) is 16.5. The van der Waals surface area contributed by atoms with E-state index in [2.05, 4.69) is 10.1 Å². The molecule has 0 saturated carbocycles. The maximum Gasteiger partial charge on any atom is 0.328 e. The van der Waals surface area contributed by atoms with Gasteiger partial charge in [-0.15, -0.1) is 0 Å². The van der Waals surface area contributed by atoms with Gasteiger partial charge in [0.25, 0.3) is 11.5 Å². The average molecular weight is 318 g/mol. The van der Waals surface area contributed by atoms with E-state index in [0.29, 0.717) is 10.9 Å². The van der Waals surface area contributed by atoms with E-state index in [1.54, 1.807) is 18.2 Å². The van der Waals surface area contributed by atoms with Gasteiger partial charge in [0.15, 0.2) is 0 Å². The van der Waals surface area contributed by atoms with Gasteiger partial charge in [0.2, 0.25) is 0 Å². The second-order valence-electron chi connectivity index (χ2n) is 5.33. The molecule has 0 aliphatic rings. The first-order valence-electron chi connectivity index (χ1n) is 6.99. The third kappa shape index (κ3) is 2.90. The van der Waals surface area contributed by atoms with Crippen molar-refractivity contribution in [3.63, 3.8) is 0 Å². The number of benzene rings is 1. The van der Waals surface area contributed by atoms with Crippen LogP contribution in [0.2, 0.25) is 0 Å². The van der Waals surface area contributed by atoms with Crippen LogP contribution >= 0.6 is 0 Å². The van der Waals surface area contributed by atoms with Gasteiger partial charge in [-0.25, -0.2) is 4.79 Å². The summed E-state index contributed by atoms with van der Waals surface area (Å²) in [5.41, 5.74) is 0.392. The third-order valence-corrected chi connectivity index (χ3v) is 3.65. The number of hydrogen-bond donors (Lipinski definition) is 2. The van der Waals surface area contributed by atoms with Crippen molar-refractivity contribution in [2.24, 2.45) is 7.05 Å². The summed E-state index contributed by atoms with van der Waals surface area (Å²) in [5.74, 6) is -1.88. The van der Waals surface area contributed by atoms with Gasteiger partial charge in [-0.2, -0.15) is 0 Å². The molecule has 23 heavy (non-hydrogen) atoms. The van der Waals surface area contributed by atoms with Crippen LogP contribution in [0.25, 0.3) is 10.9 Å². The SMILES string of the molecule is COC(=O)C(C)NC(=O)c1c(O)c2ccc(C)cc2n(C)c1=O. The molecule has 0 bridgehead atoms. The molecule has 1 aromatic carbocycles. The van der Waals surface area contributed by atoms with Crippen molar-refractivity contribution in [1.29, 1.82) is 0 Å². The molecule has 2 rings (SSSR count). The van der Waals surface area contributed by atoms with Crippen molar-refractivity contribution >= 4 is 22.8 Å². The lowest BCUT2D eigenvalue weighted by Gasteiger charge is -2.14. The normalized spacial score (nSPS) is 12.0. The van der Waals surface area contributed by atoms with Gasteiger partial charge in [0.1, 0.15) is 17.4 Å². The number of esters is 1. The zero-order valence-corrected chi connectivity index (χ0v) is 13.3. The minimum absolute atomic E-state index is 0.383. The van der Waals surface area contributed by atoms with Crippen LogP contribution in [0.15, 0.2) is 23.0 Å². The summed E-state index contributed by atoms with van der Waals surface area (Å²) in [7, 11) is 2.71. The Hall–Kier alpha value is -2.83. The molecule has 7 nitrogen and oxygen atoms in total. The van der Waals surface area contributed by atoms with Crippen LogP contribution in [0.1, 0.15) is 22.8 Å². The van der Waals surface area contributed by atoms with Gasteiger partial charge in [-0.05, 0) is 31.5 Å². The summed E-state index contributed by atoms with van der Waals surface area (Å²) in [5, 5.41) is 13.1. The molecule has 1 heterocycles. The van der Waals surface area contributed by atoms with Crippen LogP contribution < -0.4 is 10.9 Å². The number of aromatic nitrogens is 1. The Bertz CT molecular complexity index is 854. The monoisotopic (exact) mass is 318 g/mol. The maximum absolute atomic E-state index is 12.4. The molecule has 1 unspecified atom stereocenters. The Morgan fingerprint density at radius 1 is 1.35 bits per heavy atom. The molecule has 0 fully saturated rings. The van der Waals surface area contributed by atoms with Crippen LogP contribution in [0, 0.1) is 6.92 Å². The van der Waals surface area contributed by atoms with E-state index in [0.717, 1.165) is 5.56 Å². The minimum atomic E-state index is -0.940. The van der Waals surface area contributed by atoms with Crippen molar-refractivity contribution < 1.29 is 19.4 Å². The highest BCUT2D eigenvalue weighted by Gasteiger charge is 2.24. The van der Waals surface area contributed by atoms with Gasteiger partial charge in [-0.1, -0.05) is 6.07 Å². The van der Waals surface area contributed by atoms with Gasteiger partial charge < -0.3 is 19.7 Å². The van der Waals surface area contributed by atoms with Crippen LogP contribution in [-0.4, -0.2) is 34.7 Å². The number of nitrogens with zero attached hydrogens (tertiary/aromatic N) is 1.